The fraction of sp³-hybridized carbons (Fsp3) is 0.333. The molecule has 2 N–H and O–H groups in total. The van der Waals surface area contributed by atoms with Crippen LogP contribution in [0.2, 0.25) is 0 Å². The average molecular weight is 372 g/mol. The molecule has 2 amide bonds. The lowest BCUT2D eigenvalue weighted by atomic mass is 10.1. The fourth-order valence-electron chi connectivity index (χ4n) is 2.49. The van der Waals surface area contributed by atoms with Crippen LogP contribution < -0.4 is 15.4 Å². The summed E-state index contributed by atoms with van der Waals surface area (Å²) in [5.74, 6) is -1.19. The molecule has 2 rings (SSSR count). The molecule has 0 unspecified atom stereocenters. The lowest BCUT2D eigenvalue weighted by Crippen LogP contribution is -2.34. The molecule has 6 heteroatoms. The van der Waals surface area contributed by atoms with Crippen molar-refractivity contribution in [3.8, 4) is 5.75 Å². The topological polar surface area (TPSA) is 67.4 Å². The van der Waals surface area contributed by atoms with Gasteiger partial charge in [0.15, 0.2) is 17.7 Å². The van der Waals surface area contributed by atoms with Crippen molar-refractivity contribution in [3.05, 3.63) is 59.9 Å². The number of carbonyl (C=O) groups is 2. The Labute approximate surface area is 158 Å². The zero-order valence-corrected chi connectivity index (χ0v) is 15.6. The number of nitrogens with one attached hydrogen (secondary N) is 2. The molecule has 0 aromatic heterocycles. The Kier molecular flexibility index (Phi) is 7.79. The number of ether oxygens (including phenoxy) is 1. The Morgan fingerprint density at radius 3 is 2.48 bits per heavy atom. The van der Waals surface area contributed by atoms with Crippen molar-refractivity contribution in [1.29, 1.82) is 0 Å². The van der Waals surface area contributed by atoms with E-state index in [1.807, 2.05) is 6.92 Å². The Balaban J connectivity index is 2.09. The Bertz CT molecular complexity index is 780. The third-order valence-corrected chi connectivity index (χ3v) is 4.01. The summed E-state index contributed by atoms with van der Waals surface area (Å²) in [7, 11) is 0. The van der Waals surface area contributed by atoms with Gasteiger partial charge < -0.3 is 15.4 Å². The molecule has 0 saturated heterocycles. The number of hydrogen-bond acceptors (Lipinski definition) is 3. The van der Waals surface area contributed by atoms with E-state index in [9.17, 15) is 14.0 Å². The molecule has 0 radical (unpaired) electrons. The van der Waals surface area contributed by atoms with Crippen LogP contribution >= 0.6 is 0 Å². The first-order chi connectivity index (χ1) is 13.1. The molecule has 27 heavy (non-hydrogen) atoms. The summed E-state index contributed by atoms with van der Waals surface area (Å²) < 4.78 is 19.3. The molecule has 0 fully saturated rings. The van der Waals surface area contributed by atoms with Crippen LogP contribution in [-0.2, 0) is 4.79 Å². The third kappa shape index (κ3) is 5.81. The summed E-state index contributed by atoms with van der Waals surface area (Å²) in [6.07, 6.45) is 1.34. The van der Waals surface area contributed by atoms with Crippen LogP contribution in [0.4, 0.5) is 10.1 Å². The number of rotatable bonds is 9. The molecular formula is C21H25FN2O3. The van der Waals surface area contributed by atoms with Gasteiger partial charge in [-0.15, -0.1) is 0 Å². The van der Waals surface area contributed by atoms with E-state index < -0.39 is 17.8 Å². The highest BCUT2D eigenvalue weighted by Gasteiger charge is 2.22. The summed E-state index contributed by atoms with van der Waals surface area (Å²) in [6, 6.07) is 12.7. The van der Waals surface area contributed by atoms with Crippen LogP contribution in [0.1, 0.15) is 43.5 Å². The fourth-order valence-corrected chi connectivity index (χ4v) is 2.49. The minimum absolute atomic E-state index is 0.0186. The van der Waals surface area contributed by atoms with E-state index in [0.29, 0.717) is 24.2 Å². The molecule has 0 aliphatic rings. The maximum atomic E-state index is 13.8. The summed E-state index contributed by atoms with van der Waals surface area (Å²) in [4.78, 5) is 25.0. The average Bonchev–Trinajstić information content (AvgIpc) is 2.67. The maximum Gasteiger partial charge on any atom is 0.265 e. The third-order valence-electron chi connectivity index (χ3n) is 4.01. The molecule has 0 saturated carbocycles. The smallest absolute Gasteiger partial charge is 0.265 e. The standard InChI is InChI=1S/C21H25FN2O3/c1-3-5-14-23-20(25)15-10-6-8-12-17(15)24-21(26)18(4-2)27-19-13-9-7-11-16(19)22/h6-13,18H,3-5,14H2,1-2H3,(H,23,25)(H,24,26)/t18-/m0/s1. The molecule has 0 heterocycles. The second kappa shape index (κ2) is 10.3. The number of halogens is 1. The highest BCUT2D eigenvalue weighted by molar-refractivity contribution is 6.04. The first kappa shape index (κ1) is 20.4. The second-order valence-electron chi connectivity index (χ2n) is 6.09. The normalized spacial score (nSPS) is 11.5. The molecule has 0 aliphatic heterocycles. The quantitative estimate of drug-likeness (QED) is 0.650. The SMILES string of the molecule is CCCCNC(=O)c1ccccc1NC(=O)[C@H](CC)Oc1ccccc1F. The van der Waals surface area contributed by atoms with E-state index in [4.69, 9.17) is 4.74 Å². The lowest BCUT2D eigenvalue weighted by Gasteiger charge is -2.18. The highest BCUT2D eigenvalue weighted by Crippen LogP contribution is 2.20. The van der Waals surface area contributed by atoms with Crippen LogP contribution in [0.25, 0.3) is 0 Å². The molecule has 144 valence electrons. The first-order valence-electron chi connectivity index (χ1n) is 9.16. The highest BCUT2D eigenvalue weighted by atomic mass is 19.1. The van der Waals surface area contributed by atoms with Crippen LogP contribution in [0.5, 0.6) is 5.75 Å². The van der Waals surface area contributed by atoms with Gasteiger partial charge in [-0.2, -0.15) is 0 Å². The minimum Gasteiger partial charge on any atom is -0.478 e. The van der Waals surface area contributed by atoms with Gasteiger partial charge in [0, 0.05) is 6.54 Å². The predicted molar refractivity (Wildman–Crippen MR) is 103 cm³/mol. The van der Waals surface area contributed by atoms with Gasteiger partial charge in [-0.25, -0.2) is 4.39 Å². The largest absolute Gasteiger partial charge is 0.478 e. The van der Waals surface area contributed by atoms with E-state index >= 15 is 0 Å². The van der Waals surface area contributed by atoms with Crippen LogP contribution in [0.3, 0.4) is 0 Å². The van der Waals surface area contributed by atoms with Crippen molar-refractivity contribution in [2.24, 2.45) is 0 Å². The number of para-hydroxylation sites is 2. The van der Waals surface area contributed by atoms with E-state index in [-0.39, 0.29) is 11.7 Å². The van der Waals surface area contributed by atoms with Gasteiger partial charge in [0.2, 0.25) is 0 Å². The Morgan fingerprint density at radius 2 is 1.78 bits per heavy atom. The summed E-state index contributed by atoms with van der Waals surface area (Å²) >= 11 is 0. The number of hydrogen-bond donors (Lipinski definition) is 2. The Hall–Kier alpha value is -2.89. The summed E-state index contributed by atoms with van der Waals surface area (Å²) in [5.41, 5.74) is 0.773. The molecule has 0 bridgehead atoms. The number of carbonyl (C=O) groups excluding carboxylic acids is 2. The van der Waals surface area contributed by atoms with E-state index in [1.54, 1.807) is 43.3 Å². The number of benzene rings is 2. The molecule has 2 aromatic carbocycles. The zero-order chi connectivity index (χ0) is 19.6. The van der Waals surface area contributed by atoms with E-state index in [1.165, 1.54) is 12.1 Å². The van der Waals surface area contributed by atoms with Crippen LogP contribution in [-0.4, -0.2) is 24.5 Å². The number of unbranched alkanes of at least 4 members (excludes halogenated alkanes) is 1. The molecular weight excluding hydrogens is 347 g/mol. The monoisotopic (exact) mass is 372 g/mol. The number of anilines is 1. The Morgan fingerprint density at radius 1 is 1.07 bits per heavy atom. The van der Waals surface area contributed by atoms with E-state index in [0.717, 1.165) is 12.8 Å². The van der Waals surface area contributed by atoms with Gasteiger partial charge in [-0.05, 0) is 37.1 Å². The van der Waals surface area contributed by atoms with E-state index in [2.05, 4.69) is 10.6 Å². The zero-order valence-electron chi connectivity index (χ0n) is 15.6. The molecule has 5 nitrogen and oxygen atoms in total. The van der Waals surface area contributed by atoms with Crippen molar-refractivity contribution in [2.75, 3.05) is 11.9 Å². The van der Waals surface area contributed by atoms with Gasteiger partial charge >= 0.3 is 0 Å². The van der Waals surface area contributed by atoms with Crippen molar-refractivity contribution in [1.82, 2.24) is 5.32 Å². The van der Waals surface area contributed by atoms with Gasteiger partial charge in [0.05, 0.1) is 11.3 Å². The number of amides is 2. The molecule has 1 atom stereocenters. The van der Waals surface area contributed by atoms with Gasteiger partial charge in [0.1, 0.15) is 0 Å². The van der Waals surface area contributed by atoms with Crippen molar-refractivity contribution >= 4 is 17.5 Å². The summed E-state index contributed by atoms with van der Waals surface area (Å²) in [5, 5.41) is 5.56. The molecule has 0 aliphatic carbocycles. The van der Waals surface area contributed by atoms with Gasteiger partial charge in [0.25, 0.3) is 11.8 Å². The van der Waals surface area contributed by atoms with Crippen molar-refractivity contribution in [3.63, 3.8) is 0 Å². The maximum absolute atomic E-state index is 13.8. The van der Waals surface area contributed by atoms with Crippen molar-refractivity contribution < 1.29 is 18.7 Å². The van der Waals surface area contributed by atoms with Gasteiger partial charge in [-0.3, -0.25) is 9.59 Å². The lowest BCUT2D eigenvalue weighted by molar-refractivity contribution is -0.122. The van der Waals surface area contributed by atoms with Crippen LogP contribution in [0, 0.1) is 5.82 Å². The van der Waals surface area contributed by atoms with Gasteiger partial charge in [-0.1, -0.05) is 44.5 Å². The van der Waals surface area contributed by atoms with Crippen molar-refractivity contribution in [2.45, 2.75) is 39.2 Å². The second-order valence-corrected chi connectivity index (χ2v) is 6.09. The van der Waals surface area contributed by atoms with Crippen LogP contribution in [0.15, 0.2) is 48.5 Å². The first-order valence-corrected chi connectivity index (χ1v) is 9.16. The predicted octanol–water partition coefficient (Wildman–Crippen LogP) is 4.15. The molecule has 2 aromatic rings. The molecule has 0 spiro atoms. The summed E-state index contributed by atoms with van der Waals surface area (Å²) in [6.45, 7) is 4.39. The minimum atomic E-state index is -0.877.